The van der Waals surface area contributed by atoms with Crippen LogP contribution in [0.4, 0.5) is 0 Å². The number of carbonyl (C=O) groups is 1. The molecule has 0 amide bonds. The average molecular weight is 474 g/mol. The number of ether oxygens (including phenoxy) is 5. The van der Waals surface area contributed by atoms with Gasteiger partial charge in [0.25, 0.3) is 0 Å². The molecular formula is C28H27NO6. The van der Waals surface area contributed by atoms with Crippen molar-refractivity contribution in [3.8, 4) is 23.0 Å². The normalized spacial score (nSPS) is 13.9. The van der Waals surface area contributed by atoms with E-state index in [-0.39, 0.29) is 5.70 Å². The molecule has 0 aliphatic carbocycles. The summed E-state index contributed by atoms with van der Waals surface area (Å²) in [5, 5.41) is 0. The lowest BCUT2D eigenvalue weighted by Gasteiger charge is -2.12. The molecule has 0 bridgehead atoms. The minimum absolute atomic E-state index is 0.231. The zero-order valence-corrected chi connectivity index (χ0v) is 19.9. The highest BCUT2D eigenvalue weighted by molar-refractivity contribution is 6.13. The van der Waals surface area contributed by atoms with Crippen LogP contribution < -0.4 is 18.9 Å². The topological polar surface area (TPSA) is 75.6 Å². The van der Waals surface area contributed by atoms with Crippen molar-refractivity contribution in [3.63, 3.8) is 0 Å². The van der Waals surface area contributed by atoms with Crippen LogP contribution >= 0.6 is 0 Å². The van der Waals surface area contributed by atoms with Crippen LogP contribution in [0.2, 0.25) is 0 Å². The van der Waals surface area contributed by atoms with Gasteiger partial charge in [-0.25, -0.2) is 9.79 Å². The zero-order valence-electron chi connectivity index (χ0n) is 19.9. The summed E-state index contributed by atoms with van der Waals surface area (Å²) >= 11 is 0. The second kappa shape index (κ2) is 11.2. The number of cyclic esters (lactones) is 1. The Labute approximate surface area is 204 Å². The number of methoxy groups -OCH3 is 2. The predicted molar refractivity (Wildman–Crippen MR) is 133 cm³/mol. The molecule has 0 N–H and O–H groups in total. The van der Waals surface area contributed by atoms with Crippen LogP contribution in [0.5, 0.6) is 23.0 Å². The Bertz CT molecular complexity index is 1250. The largest absolute Gasteiger partial charge is 0.497 e. The third-order valence-corrected chi connectivity index (χ3v) is 5.36. The van der Waals surface area contributed by atoms with Gasteiger partial charge in [-0.1, -0.05) is 24.3 Å². The minimum atomic E-state index is -0.487. The molecule has 7 heteroatoms. The van der Waals surface area contributed by atoms with Crippen LogP contribution in [0.3, 0.4) is 0 Å². The van der Waals surface area contributed by atoms with Gasteiger partial charge in [-0.2, -0.15) is 0 Å². The van der Waals surface area contributed by atoms with Crippen LogP contribution in [0.25, 0.3) is 6.08 Å². The highest BCUT2D eigenvalue weighted by Gasteiger charge is 2.25. The Morgan fingerprint density at radius 1 is 0.857 bits per heavy atom. The summed E-state index contributed by atoms with van der Waals surface area (Å²) in [6.45, 7) is 2.92. The number of hydrogen-bond donors (Lipinski definition) is 0. The summed E-state index contributed by atoms with van der Waals surface area (Å²) in [4.78, 5) is 16.7. The van der Waals surface area contributed by atoms with E-state index in [0.717, 1.165) is 28.2 Å². The van der Waals surface area contributed by atoms with E-state index in [9.17, 15) is 4.79 Å². The van der Waals surface area contributed by atoms with E-state index in [1.54, 1.807) is 26.4 Å². The molecule has 0 spiro atoms. The van der Waals surface area contributed by atoms with Gasteiger partial charge in [-0.15, -0.1) is 0 Å². The molecule has 0 unspecified atom stereocenters. The number of benzene rings is 3. The summed E-state index contributed by atoms with van der Waals surface area (Å²) in [6, 6.07) is 20.5. The molecular weight excluding hydrogens is 446 g/mol. The van der Waals surface area contributed by atoms with Crippen LogP contribution in [-0.4, -0.2) is 39.3 Å². The number of aliphatic imine (C=N–C) groups is 1. The quantitative estimate of drug-likeness (QED) is 0.229. The fraction of sp³-hybridized carbons (Fsp3) is 0.214. The van der Waals surface area contributed by atoms with Gasteiger partial charge in [-0.05, 0) is 66.6 Å². The smallest absolute Gasteiger partial charge is 0.363 e. The number of esters is 1. The molecule has 1 heterocycles. The molecule has 180 valence electrons. The lowest BCUT2D eigenvalue weighted by molar-refractivity contribution is -0.129. The molecule has 0 saturated carbocycles. The Balaban J connectivity index is 1.36. The summed E-state index contributed by atoms with van der Waals surface area (Å²) in [5.74, 6) is 2.55. The van der Waals surface area contributed by atoms with E-state index in [1.165, 1.54) is 0 Å². The Morgan fingerprint density at radius 2 is 1.60 bits per heavy atom. The molecule has 35 heavy (non-hydrogen) atoms. The molecule has 0 aromatic heterocycles. The van der Waals surface area contributed by atoms with Crippen LogP contribution in [0, 0.1) is 6.92 Å². The lowest BCUT2D eigenvalue weighted by Crippen LogP contribution is -2.06. The summed E-state index contributed by atoms with van der Waals surface area (Å²) < 4.78 is 27.6. The molecule has 1 aliphatic rings. The number of nitrogens with zero attached hydrogens (tertiary/aromatic N) is 1. The van der Waals surface area contributed by atoms with Crippen molar-refractivity contribution >= 4 is 17.9 Å². The Morgan fingerprint density at radius 3 is 2.34 bits per heavy atom. The highest BCUT2D eigenvalue weighted by atomic mass is 16.6. The third-order valence-electron chi connectivity index (χ3n) is 5.36. The van der Waals surface area contributed by atoms with Gasteiger partial charge in [0, 0.05) is 12.0 Å². The van der Waals surface area contributed by atoms with Gasteiger partial charge in [0.1, 0.15) is 11.5 Å². The van der Waals surface area contributed by atoms with Crippen LogP contribution in [-0.2, 0) is 9.53 Å². The summed E-state index contributed by atoms with van der Waals surface area (Å²) in [5.41, 5.74) is 2.76. The second-order valence-corrected chi connectivity index (χ2v) is 7.79. The molecule has 3 aromatic rings. The van der Waals surface area contributed by atoms with E-state index in [0.29, 0.717) is 37.0 Å². The van der Waals surface area contributed by atoms with Crippen molar-refractivity contribution in [2.75, 3.05) is 27.4 Å². The fourth-order valence-corrected chi connectivity index (χ4v) is 3.49. The highest BCUT2D eigenvalue weighted by Crippen LogP contribution is 2.30. The van der Waals surface area contributed by atoms with Crippen molar-refractivity contribution in [1.29, 1.82) is 0 Å². The average Bonchev–Trinajstić information content (AvgIpc) is 3.24. The molecule has 1 aliphatic heterocycles. The minimum Gasteiger partial charge on any atom is -0.497 e. The van der Waals surface area contributed by atoms with Crippen molar-refractivity contribution in [2.45, 2.75) is 13.3 Å². The van der Waals surface area contributed by atoms with Gasteiger partial charge >= 0.3 is 5.97 Å². The monoisotopic (exact) mass is 473 g/mol. The summed E-state index contributed by atoms with van der Waals surface area (Å²) in [7, 11) is 3.20. The van der Waals surface area contributed by atoms with Crippen LogP contribution in [0.15, 0.2) is 77.4 Å². The first-order valence-electron chi connectivity index (χ1n) is 11.2. The number of aryl methyl sites for hydroxylation is 1. The van der Waals surface area contributed by atoms with E-state index in [4.69, 9.17) is 23.7 Å². The van der Waals surface area contributed by atoms with Gasteiger partial charge in [0.05, 0.1) is 27.4 Å². The van der Waals surface area contributed by atoms with Gasteiger partial charge < -0.3 is 23.7 Å². The van der Waals surface area contributed by atoms with Crippen molar-refractivity contribution < 1.29 is 28.5 Å². The maximum Gasteiger partial charge on any atom is 0.363 e. The second-order valence-electron chi connectivity index (χ2n) is 7.79. The van der Waals surface area contributed by atoms with Crippen molar-refractivity contribution in [1.82, 2.24) is 0 Å². The summed E-state index contributed by atoms with van der Waals surface area (Å²) in [6.07, 6.45) is 2.37. The first-order valence-corrected chi connectivity index (χ1v) is 11.2. The fourth-order valence-electron chi connectivity index (χ4n) is 3.49. The van der Waals surface area contributed by atoms with Crippen molar-refractivity contribution in [3.05, 3.63) is 89.1 Å². The molecule has 0 atom stereocenters. The Kier molecular flexibility index (Phi) is 7.67. The molecule has 7 nitrogen and oxygen atoms in total. The van der Waals surface area contributed by atoms with Gasteiger partial charge in [0.2, 0.25) is 5.90 Å². The Hall–Kier alpha value is -4.26. The van der Waals surface area contributed by atoms with E-state index >= 15 is 0 Å². The number of rotatable bonds is 10. The van der Waals surface area contributed by atoms with Gasteiger partial charge in [-0.3, -0.25) is 0 Å². The number of hydrogen-bond acceptors (Lipinski definition) is 7. The molecule has 0 radical (unpaired) electrons. The first kappa shape index (κ1) is 23.9. The molecule has 4 rings (SSSR count). The molecule has 0 fully saturated rings. The van der Waals surface area contributed by atoms with Crippen LogP contribution in [0.1, 0.15) is 23.1 Å². The molecule has 0 saturated heterocycles. The van der Waals surface area contributed by atoms with Crippen molar-refractivity contribution in [2.24, 2.45) is 4.99 Å². The third kappa shape index (κ3) is 6.00. The first-order chi connectivity index (χ1) is 17.1. The maximum absolute atomic E-state index is 12.4. The predicted octanol–water partition coefficient (Wildman–Crippen LogP) is 5.20. The maximum atomic E-state index is 12.4. The van der Waals surface area contributed by atoms with Gasteiger partial charge in [0.15, 0.2) is 17.2 Å². The molecule has 3 aromatic carbocycles. The number of carbonyl (C=O) groups excluding carboxylic acids is 1. The van der Waals surface area contributed by atoms with E-state index in [2.05, 4.69) is 4.99 Å². The SMILES string of the molecule is COc1ccc(OCCCOc2ccc(/C=C3/N=C(c4ccccc4C)OC3=O)cc2OC)cc1. The zero-order chi connectivity index (χ0) is 24.6. The standard InChI is InChI=1S/C28H27NO6/c1-19-7-4-5-8-23(19)27-29-24(28(30)35-27)17-20-9-14-25(26(18-20)32-3)34-16-6-15-33-22-12-10-21(31-2)11-13-22/h4-5,7-14,17-18H,6,15-16H2,1-3H3/b24-17+. The van der Waals surface area contributed by atoms with E-state index in [1.807, 2.05) is 67.6 Å². The van der Waals surface area contributed by atoms with E-state index < -0.39 is 5.97 Å². The lowest BCUT2D eigenvalue weighted by atomic mass is 10.1.